The van der Waals surface area contributed by atoms with Crippen LogP contribution < -0.4 is 0 Å². The largest absolute Gasteiger partial charge is 0.392 e. The number of aliphatic hydroxyl groups is 1. The Balaban J connectivity index is 2.92. The van der Waals surface area contributed by atoms with Crippen molar-refractivity contribution in [3.8, 4) is 0 Å². The van der Waals surface area contributed by atoms with Crippen molar-refractivity contribution >= 4 is 0 Å². The van der Waals surface area contributed by atoms with Gasteiger partial charge in [0.15, 0.2) is 0 Å². The quantitative estimate of drug-likeness (QED) is 0.827. The highest BCUT2D eigenvalue weighted by molar-refractivity contribution is 4.99. The predicted octanol–water partition coefficient (Wildman–Crippen LogP) is 3.87. The fourth-order valence-electron chi connectivity index (χ4n) is 3.96. The Kier molecular flexibility index (Phi) is 4.55. The summed E-state index contributed by atoms with van der Waals surface area (Å²) in [6.45, 7) is 17.3. The SMILES string of the molecule is CC(C)C(C(C)C)C(O)C1CC(C)(C)OC1(C)C. The average molecular weight is 256 g/mol. The first-order valence-electron chi connectivity index (χ1n) is 7.36. The van der Waals surface area contributed by atoms with Crippen LogP contribution in [0.5, 0.6) is 0 Å². The first kappa shape index (κ1) is 16.0. The summed E-state index contributed by atoms with van der Waals surface area (Å²) in [6, 6.07) is 0. The average Bonchev–Trinajstić information content (AvgIpc) is 2.32. The summed E-state index contributed by atoms with van der Waals surface area (Å²) in [6.07, 6.45) is 0.665. The van der Waals surface area contributed by atoms with Gasteiger partial charge in [-0.3, -0.25) is 0 Å². The van der Waals surface area contributed by atoms with E-state index in [2.05, 4.69) is 55.4 Å². The molecule has 108 valence electrons. The van der Waals surface area contributed by atoms with Gasteiger partial charge in [-0.1, -0.05) is 27.7 Å². The summed E-state index contributed by atoms with van der Waals surface area (Å²) in [7, 11) is 0. The Labute approximate surface area is 113 Å². The van der Waals surface area contributed by atoms with Crippen molar-refractivity contribution in [1.29, 1.82) is 0 Å². The third kappa shape index (κ3) is 3.27. The molecule has 2 nitrogen and oxygen atoms in total. The normalized spacial score (nSPS) is 28.3. The van der Waals surface area contributed by atoms with Crippen molar-refractivity contribution in [2.45, 2.75) is 79.1 Å². The molecule has 1 rings (SSSR count). The van der Waals surface area contributed by atoms with Gasteiger partial charge in [0.25, 0.3) is 0 Å². The molecule has 0 saturated carbocycles. The first-order chi connectivity index (χ1) is 7.98. The van der Waals surface area contributed by atoms with Gasteiger partial charge in [-0.05, 0) is 51.9 Å². The van der Waals surface area contributed by atoms with Crippen LogP contribution >= 0.6 is 0 Å². The van der Waals surface area contributed by atoms with Crippen molar-refractivity contribution in [3.05, 3.63) is 0 Å². The molecule has 2 unspecified atom stereocenters. The smallest absolute Gasteiger partial charge is 0.0687 e. The van der Waals surface area contributed by atoms with Gasteiger partial charge < -0.3 is 9.84 Å². The van der Waals surface area contributed by atoms with Gasteiger partial charge in [0.05, 0.1) is 17.3 Å². The molecule has 1 saturated heterocycles. The summed E-state index contributed by atoms with van der Waals surface area (Å²) in [5.74, 6) is 1.56. The van der Waals surface area contributed by atoms with E-state index in [1.165, 1.54) is 0 Å². The summed E-state index contributed by atoms with van der Waals surface area (Å²) in [5, 5.41) is 10.8. The topological polar surface area (TPSA) is 29.5 Å². The Morgan fingerprint density at radius 3 is 1.72 bits per heavy atom. The molecule has 0 aromatic rings. The predicted molar refractivity (Wildman–Crippen MR) is 76.5 cm³/mol. The zero-order valence-corrected chi connectivity index (χ0v) is 13.4. The van der Waals surface area contributed by atoms with Crippen molar-refractivity contribution in [3.63, 3.8) is 0 Å². The highest BCUT2D eigenvalue weighted by Gasteiger charge is 2.50. The molecule has 1 N–H and O–H groups in total. The van der Waals surface area contributed by atoms with Crippen LogP contribution in [0, 0.1) is 23.7 Å². The van der Waals surface area contributed by atoms with Gasteiger partial charge in [-0.15, -0.1) is 0 Å². The van der Waals surface area contributed by atoms with Crippen LogP contribution in [0.4, 0.5) is 0 Å². The lowest BCUT2D eigenvalue weighted by molar-refractivity contribution is -0.0994. The van der Waals surface area contributed by atoms with Crippen LogP contribution in [-0.2, 0) is 4.74 Å². The van der Waals surface area contributed by atoms with Crippen LogP contribution in [-0.4, -0.2) is 22.4 Å². The summed E-state index contributed by atoms with van der Waals surface area (Å²) in [5.41, 5.74) is -0.349. The van der Waals surface area contributed by atoms with Gasteiger partial charge in [0.2, 0.25) is 0 Å². The van der Waals surface area contributed by atoms with Crippen LogP contribution in [0.15, 0.2) is 0 Å². The number of rotatable bonds is 4. The Morgan fingerprint density at radius 2 is 1.44 bits per heavy atom. The maximum absolute atomic E-state index is 10.8. The zero-order chi connectivity index (χ0) is 14.3. The molecule has 2 atom stereocenters. The van der Waals surface area contributed by atoms with E-state index in [1.807, 2.05) is 0 Å². The molecule has 0 spiro atoms. The Bertz CT molecular complexity index is 271. The second kappa shape index (κ2) is 5.13. The Morgan fingerprint density at radius 1 is 1.00 bits per heavy atom. The fraction of sp³-hybridized carbons (Fsp3) is 1.00. The third-order valence-electron chi connectivity index (χ3n) is 4.49. The van der Waals surface area contributed by atoms with Crippen molar-refractivity contribution < 1.29 is 9.84 Å². The second-order valence-corrected chi connectivity index (χ2v) is 7.83. The number of hydrogen-bond donors (Lipinski definition) is 1. The highest BCUT2D eigenvalue weighted by atomic mass is 16.5. The van der Waals surface area contributed by atoms with Crippen LogP contribution in [0.25, 0.3) is 0 Å². The number of hydrogen-bond acceptors (Lipinski definition) is 2. The first-order valence-corrected chi connectivity index (χ1v) is 7.36. The molecule has 0 aliphatic carbocycles. The van der Waals surface area contributed by atoms with Gasteiger partial charge in [-0.25, -0.2) is 0 Å². The molecule has 0 bridgehead atoms. The van der Waals surface area contributed by atoms with E-state index < -0.39 is 0 Å². The van der Waals surface area contributed by atoms with Gasteiger partial charge in [0, 0.05) is 5.92 Å². The van der Waals surface area contributed by atoms with Gasteiger partial charge in [-0.2, -0.15) is 0 Å². The van der Waals surface area contributed by atoms with E-state index in [0.717, 1.165) is 6.42 Å². The minimum Gasteiger partial charge on any atom is -0.392 e. The number of ether oxygens (including phenoxy) is 1. The lowest BCUT2D eigenvalue weighted by Crippen LogP contribution is -2.43. The molecular weight excluding hydrogens is 224 g/mol. The third-order valence-corrected chi connectivity index (χ3v) is 4.49. The van der Waals surface area contributed by atoms with Crippen molar-refractivity contribution in [1.82, 2.24) is 0 Å². The molecule has 1 aliphatic heterocycles. The van der Waals surface area contributed by atoms with Gasteiger partial charge in [0.1, 0.15) is 0 Å². The van der Waals surface area contributed by atoms with E-state index in [9.17, 15) is 5.11 Å². The lowest BCUT2D eigenvalue weighted by Gasteiger charge is -2.38. The fourth-order valence-corrected chi connectivity index (χ4v) is 3.96. The highest BCUT2D eigenvalue weighted by Crippen LogP contribution is 2.46. The minimum atomic E-state index is -0.276. The standard InChI is InChI=1S/C16H32O2/c1-10(2)13(11(3)4)14(17)12-9-15(5,6)18-16(12,7)8/h10-14,17H,9H2,1-8H3. The Hall–Kier alpha value is -0.0800. The van der Waals surface area contributed by atoms with E-state index >= 15 is 0 Å². The molecule has 0 amide bonds. The van der Waals surface area contributed by atoms with E-state index in [1.54, 1.807) is 0 Å². The monoisotopic (exact) mass is 256 g/mol. The van der Waals surface area contributed by atoms with Crippen LogP contribution in [0.1, 0.15) is 61.8 Å². The maximum Gasteiger partial charge on any atom is 0.0687 e. The van der Waals surface area contributed by atoms with Crippen molar-refractivity contribution in [2.75, 3.05) is 0 Å². The zero-order valence-electron chi connectivity index (χ0n) is 13.4. The minimum absolute atomic E-state index is 0.117. The van der Waals surface area contributed by atoms with E-state index in [-0.39, 0.29) is 23.2 Å². The molecule has 1 heterocycles. The molecule has 0 aromatic carbocycles. The van der Waals surface area contributed by atoms with E-state index in [0.29, 0.717) is 17.8 Å². The molecule has 0 aromatic heterocycles. The molecule has 0 radical (unpaired) electrons. The second-order valence-electron chi connectivity index (χ2n) is 7.83. The molecular formula is C16H32O2. The van der Waals surface area contributed by atoms with E-state index in [4.69, 9.17) is 4.74 Å². The molecule has 2 heteroatoms. The van der Waals surface area contributed by atoms with Crippen molar-refractivity contribution in [2.24, 2.45) is 23.7 Å². The number of aliphatic hydroxyl groups excluding tert-OH is 1. The van der Waals surface area contributed by atoms with Crippen LogP contribution in [0.2, 0.25) is 0 Å². The lowest BCUT2D eigenvalue weighted by atomic mass is 9.71. The summed E-state index contributed by atoms with van der Waals surface area (Å²) in [4.78, 5) is 0. The summed E-state index contributed by atoms with van der Waals surface area (Å²) >= 11 is 0. The molecule has 1 fully saturated rings. The maximum atomic E-state index is 10.8. The molecule has 1 aliphatic rings. The van der Waals surface area contributed by atoms with Gasteiger partial charge >= 0.3 is 0 Å². The summed E-state index contributed by atoms with van der Waals surface area (Å²) < 4.78 is 6.12. The van der Waals surface area contributed by atoms with Crippen LogP contribution in [0.3, 0.4) is 0 Å². The molecule has 18 heavy (non-hydrogen) atoms.